The summed E-state index contributed by atoms with van der Waals surface area (Å²) >= 11 is 5.98. The van der Waals surface area contributed by atoms with Gasteiger partial charge in [0, 0.05) is 23.2 Å². The fourth-order valence-electron chi connectivity index (χ4n) is 1.82. The summed E-state index contributed by atoms with van der Waals surface area (Å²) in [7, 11) is 0. The number of benzene rings is 2. The first-order chi connectivity index (χ1) is 8.68. The van der Waals surface area contributed by atoms with Crippen LogP contribution in [0.5, 0.6) is 0 Å². The van der Waals surface area contributed by atoms with E-state index in [0.29, 0.717) is 17.1 Å². The van der Waals surface area contributed by atoms with Crippen LogP contribution in [0.1, 0.15) is 24.1 Å². The second-order valence-corrected chi connectivity index (χ2v) is 4.62. The molecule has 2 rings (SSSR count). The fourth-order valence-corrected chi connectivity index (χ4v) is 2.05. The molecule has 102 valence electrons. The van der Waals surface area contributed by atoms with Crippen LogP contribution < -0.4 is 5.32 Å². The average Bonchev–Trinajstić information content (AvgIpc) is 2.39. The molecule has 4 heteroatoms. The highest BCUT2D eigenvalue weighted by molar-refractivity contribution is 6.31. The first-order valence-electron chi connectivity index (χ1n) is 5.89. The van der Waals surface area contributed by atoms with E-state index in [-0.39, 0.29) is 24.3 Å². The van der Waals surface area contributed by atoms with Gasteiger partial charge in [-0.15, -0.1) is 12.4 Å². The Labute approximate surface area is 124 Å². The number of rotatable bonds is 4. The smallest absolute Gasteiger partial charge is 0.129 e. The molecule has 0 aliphatic heterocycles. The Kier molecular flexibility index (Phi) is 6.29. The maximum atomic E-state index is 13.6. The highest BCUT2D eigenvalue weighted by atomic mass is 35.5. The molecule has 0 aliphatic carbocycles. The van der Waals surface area contributed by atoms with Gasteiger partial charge in [0.1, 0.15) is 5.82 Å². The largest absolute Gasteiger partial charge is 0.306 e. The molecule has 19 heavy (non-hydrogen) atoms. The highest BCUT2D eigenvalue weighted by Gasteiger charge is 2.09. The predicted molar refractivity (Wildman–Crippen MR) is 80.4 cm³/mol. The van der Waals surface area contributed by atoms with Gasteiger partial charge in [-0.25, -0.2) is 4.39 Å². The van der Waals surface area contributed by atoms with E-state index in [4.69, 9.17) is 11.6 Å². The minimum absolute atomic E-state index is 0. The molecule has 1 nitrogen and oxygen atoms in total. The van der Waals surface area contributed by atoms with E-state index in [1.54, 1.807) is 12.1 Å². The number of nitrogens with one attached hydrogen (secondary N) is 1. The molecule has 0 bridgehead atoms. The summed E-state index contributed by atoms with van der Waals surface area (Å²) in [4.78, 5) is 0. The molecule has 0 saturated heterocycles. The van der Waals surface area contributed by atoms with E-state index in [0.717, 1.165) is 0 Å². The lowest BCUT2D eigenvalue weighted by molar-refractivity contribution is 0.544. The van der Waals surface area contributed by atoms with Crippen LogP contribution in [0.2, 0.25) is 5.02 Å². The Bertz CT molecular complexity index is 497. The van der Waals surface area contributed by atoms with Crippen molar-refractivity contribution < 1.29 is 4.39 Å². The van der Waals surface area contributed by atoms with Gasteiger partial charge in [-0.1, -0.05) is 48.0 Å². The predicted octanol–water partition coefficient (Wildman–Crippen LogP) is 4.75. The summed E-state index contributed by atoms with van der Waals surface area (Å²) in [5.74, 6) is -0.268. The van der Waals surface area contributed by atoms with Crippen molar-refractivity contribution in [3.05, 3.63) is 70.5 Å². The monoisotopic (exact) mass is 299 g/mol. The Morgan fingerprint density at radius 2 is 1.79 bits per heavy atom. The molecule has 0 aromatic heterocycles. The molecular weight excluding hydrogens is 284 g/mol. The van der Waals surface area contributed by atoms with E-state index in [2.05, 4.69) is 5.32 Å². The van der Waals surface area contributed by atoms with Crippen LogP contribution in [0.15, 0.2) is 48.5 Å². The molecule has 2 aromatic rings. The topological polar surface area (TPSA) is 12.0 Å². The molecule has 0 amide bonds. The first kappa shape index (κ1) is 16.0. The second kappa shape index (κ2) is 7.49. The Hall–Kier alpha value is -1.09. The van der Waals surface area contributed by atoms with Gasteiger partial charge < -0.3 is 5.32 Å². The molecule has 2 aromatic carbocycles. The van der Waals surface area contributed by atoms with Gasteiger partial charge in [0.25, 0.3) is 0 Å². The maximum absolute atomic E-state index is 13.6. The van der Waals surface area contributed by atoms with E-state index in [1.165, 1.54) is 11.6 Å². The van der Waals surface area contributed by atoms with Crippen molar-refractivity contribution in [3.8, 4) is 0 Å². The molecule has 0 aliphatic rings. The van der Waals surface area contributed by atoms with Gasteiger partial charge in [0.15, 0.2) is 0 Å². The molecule has 1 atom stereocenters. The molecule has 0 spiro atoms. The summed E-state index contributed by atoms with van der Waals surface area (Å²) < 4.78 is 13.6. The molecule has 0 radical (unpaired) electrons. The van der Waals surface area contributed by atoms with Gasteiger partial charge in [-0.05, 0) is 24.6 Å². The van der Waals surface area contributed by atoms with Crippen molar-refractivity contribution in [1.29, 1.82) is 0 Å². The highest BCUT2D eigenvalue weighted by Crippen LogP contribution is 2.20. The average molecular weight is 300 g/mol. The second-order valence-electron chi connectivity index (χ2n) is 4.21. The van der Waals surface area contributed by atoms with Crippen LogP contribution >= 0.6 is 24.0 Å². The third-order valence-corrected chi connectivity index (χ3v) is 3.30. The van der Waals surface area contributed by atoms with Crippen molar-refractivity contribution in [2.75, 3.05) is 0 Å². The van der Waals surface area contributed by atoms with Crippen molar-refractivity contribution in [2.24, 2.45) is 0 Å². The Morgan fingerprint density at radius 3 is 2.42 bits per heavy atom. The van der Waals surface area contributed by atoms with Crippen LogP contribution in [-0.4, -0.2) is 0 Å². The molecule has 0 saturated carbocycles. The number of hydrogen-bond donors (Lipinski definition) is 1. The zero-order valence-corrected chi connectivity index (χ0v) is 12.1. The van der Waals surface area contributed by atoms with E-state index in [1.807, 2.05) is 37.3 Å². The minimum atomic E-state index is -0.268. The van der Waals surface area contributed by atoms with Crippen molar-refractivity contribution in [1.82, 2.24) is 5.32 Å². The number of hydrogen-bond acceptors (Lipinski definition) is 1. The zero-order chi connectivity index (χ0) is 13.0. The first-order valence-corrected chi connectivity index (χ1v) is 6.27. The molecule has 0 fully saturated rings. The van der Waals surface area contributed by atoms with E-state index >= 15 is 0 Å². The minimum Gasteiger partial charge on any atom is -0.306 e. The van der Waals surface area contributed by atoms with Gasteiger partial charge in [-0.2, -0.15) is 0 Å². The van der Waals surface area contributed by atoms with Crippen LogP contribution in [0.4, 0.5) is 4.39 Å². The van der Waals surface area contributed by atoms with Crippen molar-refractivity contribution in [3.63, 3.8) is 0 Å². The summed E-state index contributed by atoms with van der Waals surface area (Å²) in [5.41, 5.74) is 1.69. The summed E-state index contributed by atoms with van der Waals surface area (Å²) in [6, 6.07) is 14.9. The van der Waals surface area contributed by atoms with Gasteiger partial charge in [-0.3, -0.25) is 0 Å². The molecule has 1 unspecified atom stereocenters. The molecular formula is C15H16Cl2FN. The van der Waals surface area contributed by atoms with Crippen LogP contribution in [0.25, 0.3) is 0 Å². The maximum Gasteiger partial charge on any atom is 0.129 e. The standard InChI is InChI=1S/C15H15ClFN.ClH/c1-11(12-6-3-2-4-7-12)18-10-13-14(16)8-5-9-15(13)17;/h2-9,11,18H,10H2,1H3;1H. The van der Waals surface area contributed by atoms with Crippen LogP contribution in [-0.2, 0) is 6.54 Å². The lowest BCUT2D eigenvalue weighted by Gasteiger charge is -2.15. The number of halogens is 3. The van der Waals surface area contributed by atoms with Gasteiger partial charge in [0.2, 0.25) is 0 Å². The molecule has 0 heterocycles. The lowest BCUT2D eigenvalue weighted by Crippen LogP contribution is -2.19. The fraction of sp³-hybridized carbons (Fsp3) is 0.200. The summed E-state index contributed by atoms with van der Waals surface area (Å²) in [6.07, 6.45) is 0. The summed E-state index contributed by atoms with van der Waals surface area (Å²) in [5, 5.41) is 3.73. The SMILES string of the molecule is CC(NCc1c(F)cccc1Cl)c1ccccc1.Cl. The third kappa shape index (κ3) is 4.20. The Balaban J connectivity index is 0.00000180. The van der Waals surface area contributed by atoms with E-state index in [9.17, 15) is 4.39 Å². The molecule has 1 N–H and O–H groups in total. The van der Waals surface area contributed by atoms with E-state index < -0.39 is 0 Å². The van der Waals surface area contributed by atoms with Gasteiger partial charge >= 0.3 is 0 Å². The van der Waals surface area contributed by atoms with Gasteiger partial charge in [0.05, 0.1) is 0 Å². The van der Waals surface area contributed by atoms with Crippen molar-refractivity contribution in [2.45, 2.75) is 19.5 Å². The normalized spacial score (nSPS) is 11.7. The van der Waals surface area contributed by atoms with Crippen LogP contribution in [0, 0.1) is 5.82 Å². The quantitative estimate of drug-likeness (QED) is 0.859. The summed E-state index contributed by atoms with van der Waals surface area (Å²) in [6.45, 7) is 2.46. The Morgan fingerprint density at radius 1 is 1.11 bits per heavy atom. The van der Waals surface area contributed by atoms with Crippen LogP contribution in [0.3, 0.4) is 0 Å². The van der Waals surface area contributed by atoms with Crippen molar-refractivity contribution >= 4 is 24.0 Å². The third-order valence-electron chi connectivity index (χ3n) is 2.95. The lowest BCUT2D eigenvalue weighted by atomic mass is 10.1. The zero-order valence-electron chi connectivity index (χ0n) is 10.6.